The fourth-order valence-electron chi connectivity index (χ4n) is 1.07. The molecule has 1 aromatic carbocycles. The molecule has 0 spiro atoms. The number of halogens is 1. The summed E-state index contributed by atoms with van der Waals surface area (Å²) in [5.74, 6) is -0.279. The summed E-state index contributed by atoms with van der Waals surface area (Å²) in [5.41, 5.74) is 0.298. The van der Waals surface area contributed by atoms with Gasteiger partial charge >= 0.3 is 5.97 Å². The van der Waals surface area contributed by atoms with Crippen LogP contribution in [0.1, 0.15) is 17.3 Å². The van der Waals surface area contributed by atoms with Crippen LogP contribution in [0.15, 0.2) is 22.7 Å². The largest absolute Gasteiger partial charge is 0.485 e. The van der Waals surface area contributed by atoms with Crippen molar-refractivity contribution in [2.45, 2.75) is 6.92 Å². The highest BCUT2D eigenvalue weighted by Gasteiger charge is 2.13. The number of carbonyl (C=O) groups is 2. The predicted molar refractivity (Wildman–Crippen MR) is 61.7 cm³/mol. The van der Waals surface area contributed by atoms with Crippen LogP contribution in [0.2, 0.25) is 0 Å². The molecule has 5 heteroatoms. The minimum absolute atomic E-state index is 0.0690. The van der Waals surface area contributed by atoms with Crippen LogP contribution in [0.25, 0.3) is 0 Å². The maximum Gasteiger partial charge on any atom is 0.341 e. The van der Waals surface area contributed by atoms with Gasteiger partial charge < -0.3 is 9.47 Å². The van der Waals surface area contributed by atoms with Gasteiger partial charge in [0.15, 0.2) is 5.78 Å². The maximum atomic E-state index is 11.4. The Labute approximate surface area is 102 Å². The van der Waals surface area contributed by atoms with Crippen LogP contribution in [0.3, 0.4) is 0 Å². The second kappa shape index (κ2) is 5.65. The highest BCUT2D eigenvalue weighted by Crippen LogP contribution is 2.24. The van der Waals surface area contributed by atoms with E-state index in [1.807, 2.05) is 0 Å². The molecular formula is C11H11BrO4. The first kappa shape index (κ1) is 12.7. The molecule has 0 radical (unpaired) electrons. The van der Waals surface area contributed by atoms with Gasteiger partial charge in [0.05, 0.1) is 7.11 Å². The summed E-state index contributed by atoms with van der Waals surface area (Å²) in [7, 11) is 1.29. The molecule has 0 unspecified atom stereocenters. The van der Waals surface area contributed by atoms with Gasteiger partial charge in [-0.05, 0) is 25.1 Å². The quantitative estimate of drug-likeness (QED) is 0.797. The van der Waals surface area contributed by atoms with Gasteiger partial charge in [0, 0.05) is 4.47 Å². The summed E-state index contributed by atoms with van der Waals surface area (Å²) in [6.45, 7) is 1.34. The van der Waals surface area contributed by atoms with E-state index in [0.29, 0.717) is 11.3 Å². The van der Waals surface area contributed by atoms with E-state index in [1.54, 1.807) is 18.2 Å². The second-order valence-corrected chi connectivity index (χ2v) is 4.04. The summed E-state index contributed by atoms with van der Waals surface area (Å²) < 4.78 is 10.6. The summed E-state index contributed by atoms with van der Waals surface area (Å²) in [5, 5.41) is 0. The molecular weight excluding hydrogens is 276 g/mol. The monoisotopic (exact) mass is 286 g/mol. The molecule has 1 rings (SSSR count). The Hall–Kier alpha value is -1.36. The molecule has 86 valence electrons. The van der Waals surface area contributed by atoms with Gasteiger partial charge in [0.1, 0.15) is 17.9 Å². The van der Waals surface area contributed by atoms with E-state index in [4.69, 9.17) is 4.74 Å². The fourth-order valence-corrected chi connectivity index (χ4v) is 1.41. The number of methoxy groups -OCH3 is 1. The molecule has 0 amide bonds. The van der Waals surface area contributed by atoms with Crippen molar-refractivity contribution in [1.82, 2.24) is 0 Å². The van der Waals surface area contributed by atoms with Crippen LogP contribution in [0.5, 0.6) is 5.75 Å². The van der Waals surface area contributed by atoms with Crippen LogP contribution in [-0.4, -0.2) is 25.5 Å². The molecule has 0 saturated carbocycles. The second-order valence-electron chi connectivity index (χ2n) is 3.12. The maximum absolute atomic E-state index is 11.4. The van der Waals surface area contributed by atoms with Gasteiger partial charge in [-0.1, -0.05) is 15.9 Å². The first-order chi connectivity index (χ1) is 7.54. The van der Waals surface area contributed by atoms with Gasteiger partial charge in [-0.2, -0.15) is 0 Å². The van der Waals surface area contributed by atoms with Crippen LogP contribution in [0.4, 0.5) is 0 Å². The van der Waals surface area contributed by atoms with Crippen molar-refractivity contribution < 1.29 is 19.1 Å². The molecule has 0 bridgehead atoms. The van der Waals surface area contributed by atoms with Crippen molar-refractivity contribution in [3.05, 3.63) is 28.2 Å². The third-order valence-electron chi connectivity index (χ3n) is 1.78. The Morgan fingerprint density at radius 2 is 2.06 bits per heavy atom. The minimum Gasteiger partial charge on any atom is -0.485 e. The number of carbonyl (C=O) groups excluding carboxylic acids is 2. The summed E-state index contributed by atoms with van der Waals surface area (Å²) in [6.07, 6.45) is 0. The van der Waals surface area contributed by atoms with Crippen molar-refractivity contribution >= 4 is 27.7 Å². The molecule has 0 aliphatic rings. The Morgan fingerprint density at radius 3 is 2.62 bits per heavy atom. The smallest absolute Gasteiger partial charge is 0.341 e. The number of Topliss-reactive ketones (excluding diaryl/α,β-unsaturated/α-hetero) is 1. The molecule has 0 saturated heterocycles. The number of rotatable bonds is 4. The Balaban J connectivity index is 2.98. The lowest BCUT2D eigenvalue weighted by Gasteiger charge is -2.09. The molecule has 0 aliphatic heterocycles. The van der Waals surface area contributed by atoms with Crippen molar-refractivity contribution in [1.29, 1.82) is 0 Å². The van der Waals surface area contributed by atoms with Gasteiger partial charge in [-0.25, -0.2) is 4.79 Å². The zero-order valence-corrected chi connectivity index (χ0v) is 10.5. The van der Waals surface area contributed by atoms with E-state index >= 15 is 0 Å². The van der Waals surface area contributed by atoms with E-state index in [9.17, 15) is 9.59 Å². The Bertz CT molecular complexity index is 414. The SMILES string of the molecule is COC(=O)c1ccc(Br)cc1OCC(C)=O. The van der Waals surface area contributed by atoms with E-state index < -0.39 is 5.97 Å². The number of benzene rings is 1. The van der Waals surface area contributed by atoms with Gasteiger partial charge in [-0.15, -0.1) is 0 Å². The fraction of sp³-hybridized carbons (Fsp3) is 0.273. The molecule has 0 heterocycles. The first-order valence-corrected chi connectivity index (χ1v) is 5.34. The molecule has 0 N–H and O–H groups in total. The van der Waals surface area contributed by atoms with E-state index in [1.165, 1.54) is 14.0 Å². The molecule has 0 atom stereocenters. The highest BCUT2D eigenvalue weighted by molar-refractivity contribution is 9.10. The number of hydrogen-bond donors (Lipinski definition) is 0. The summed E-state index contributed by atoms with van der Waals surface area (Å²) in [6, 6.07) is 4.90. The third kappa shape index (κ3) is 3.34. The highest BCUT2D eigenvalue weighted by atomic mass is 79.9. The van der Waals surface area contributed by atoms with E-state index in [-0.39, 0.29) is 12.4 Å². The van der Waals surface area contributed by atoms with Crippen LogP contribution in [-0.2, 0) is 9.53 Å². The average Bonchev–Trinajstić information content (AvgIpc) is 2.25. The summed E-state index contributed by atoms with van der Waals surface area (Å²) >= 11 is 3.26. The normalized spacial score (nSPS) is 9.69. The first-order valence-electron chi connectivity index (χ1n) is 4.54. The van der Waals surface area contributed by atoms with Gasteiger partial charge in [-0.3, -0.25) is 4.79 Å². The van der Waals surface area contributed by atoms with Gasteiger partial charge in [0.25, 0.3) is 0 Å². The zero-order chi connectivity index (χ0) is 12.1. The standard InChI is InChI=1S/C11H11BrO4/c1-7(13)6-16-10-5-8(12)3-4-9(10)11(14)15-2/h3-5H,6H2,1-2H3. The lowest BCUT2D eigenvalue weighted by molar-refractivity contribution is -0.118. The van der Waals surface area contributed by atoms with Crippen molar-refractivity contribution in [3.8, 4) is 5.75 Å². The van der Waals surface area contributed by atoms with Crippen LogP contribution in [0, 0.1) is 0 Å². The molecule has 1 aromatic rings. The number of esters is 1. The van der Waals surface area contributed by atoms with Crippen LogP contribution >= 0.6 is 15.9 Å². The Kier molecular flexibility index (Phi) is 4.49. The molecule has 4 nitrogen and oxygen atoms in total. The average molecular weight is 287 g/mol. The molecule has 0 fully saturated rings. The molecule has 16 heavy (non-hydrogen) atoms. The van der Waals surface area contributed by atoms with Crippen molar-refractivity contribution in [2.75, 3.05) is 13.7 Å². The topological polar surface area (TPSA) is 52.6 Å². The minimum atomic E-state index is -0.494. The van der Waals surface area contributed by atoms with Gasteiger partial charge in [0.2, 0.25) is 0 Å². The lowest BCUT2D eigenvalue weighted by atomic mass is 10.2. The Morgan fingerprint density at radius 1 is 1.38 bits per heavy atom. The van der Waals surface area contributed by atoms with Crippen molar-refractivity contribution in [2.24, 2.45) is 0 Å². The predicted octanol–water partition coefficient (Wildman–Crippen LogP) is 2.20. The number of ketones is 1. The number of ether oxygens (including phenoxy) is 2. The zero-order valence-electron chi connectivity index (χ0n) is 8.95. The molecule has 0 aromatic heterocycles. The number of hydrogen-bond acceptors (Lipinski definition) is 4. The molecule has 0 aliphatic carbocycles. The van der Waals surface area contributed by atoms with E-state index in [0.717, 1.165) is 4.47 Å². The lowest BCUT2D eigenvalue weighted by Crippen LogP contribution is -2.10. The third-order valence-corrected chi connectivity index (χ3v) is 2.27. The van der Waals surface area contributed by atoms with E-state index in [2.05, 4.69) is 20.7 Å². The van der Waals surface area contributed by atoms with Crippen molar-refractivity contribution in [3.63, 3.8) is 0 Å². The summed E-state index contributed by atoms with van der Waals surface area (Å²) in [4.78, 5) is 22.2. The van der Waals surface area contributed by atoms with Crippen LogP contribution < -0.4 is 4.74 Å².